The van der Waals surface area contributed by atoms with E-state index in [0.29, 0.717) is 35.2 Å². The zero-order valence-electron chi connectivity index (χ0n) is 16.6. The molecule has 0 atom stereocenters. The number of aryl methyl sites for hydroxylation is 1. The number of fused-ring (bicyclic) bond motifs is 1. The van der Waals surface area contributed by atoms with Crippen LogP contribution in [0.5, 0.6) is 0 Å². The molecule has 0 spiro atoms. The van der Waals surface area contributed by atoms with Gasteiger partial charge in [0.2, 0.25) is 11.8 Å². The van der Waals surface area contributed by atoms with Gasteiger partial charge < -0.3 is 16.4 Å². The lowest BCUT2D eigenvalue weighted by Gasteiger charge is -2.09. The number of anilines is 2. The number of aromatic nitrogens is 3. The minimum absolute atomic E-state index is 0.279. The minimum Gasteiger partial charge on any atom is -0.383 e. The molecule has 1 fully saturated rings. The number of nitrogens with two attached hydrogens (primary N) is 1. The fourth-order valence-electron chi connectivity index (χ4n) is 3.06. The molecule has 1 aliphatic rings. The SMILES string of the molecule is Cc1ccncc1-c1cc2cc(NC(=O)/C=C/C(=O)NCC3CC3)ncc2c(N)n1. The fourth-order valence-corrected chi connectivity index (χ4v) is 3.06. The van der Waals surface area contributed by atoms with Gasteiger partial charge in [-0.25, -0.2) is 9.97 Å². The molecule has 8 heteroatoms. The van der Waals surface area contributed by atoms with Crippen molar-refractivity contribution in [3.8, 4) is 11.3 Å². The molecule has 0 aliphatic heterocycles. The van der Waals surface area contributed by atoms with E-state index in [9.17, 15) is 9.59 Å². The van der Waals surface area contributed by atoms with Crippen LogP contribution in [0.15, 0.2) is 48.9 Å². The molecule has 30 heavy (non-hydrogen) atoms. The third kappa shape index (κ3) is 4.60. The Kier molecular flexibility index (Phi) is 5.38. The lowest BCUT2D eigenvalue weighted by molar-refractivity contribution is -0.117. The summed E-state index contributed by atoms with van der Waals surface area (Å²) in [6.07, 6.45) is 9.76. The molecule has 3 heterocycles. The van der Waals surface area contributed by atoms with Crippen LogP contribution in [0.25, 0.3) is 22.0 Å². The second-order valence-corrected chi connectivity index (χ2v) is 7.39. The lowest BCUT2D eigenvalue weighted by atomic mass is 10.1. The molecule has 0 unspecified atom stereocenters. The summed E-state index contributed by atoms with van der Waals surface area (Å²) in [7, 11) is 0. The number of nitrogens with one attached hydrogen (secondary N) is 2. The molecule has 0 aromatic carbocycles. The smallest absolute Gasteiger partial charge is 0.249 e. The zero-order chi connectivity index (χ0) is 21.1. The fraction of sp³-hybridized carbons (Fsp3) is 0.227. The number of pyridine rings is 3. The molecule has 4 N–H and O–H groups in total. The van der Waals surface area contributed by atoms with Crippen molar-refractivity contribution in [3.05, 3.63) is 54.5 Å². The van der Waals surface area contributed by atoms with Crippen molar-refractivity contribution in [3.63, 3.8) is 0 Å². The van der Waals surface area contributed by atoms with E-state index in [2.05, 4.69) is 25.6 Å². The van der Waals surface area contributed by atoms with E-state index in [1.807, 2.05) is 19.1 Å². The average molecular weight is 402 g/mol. The third-order valence-corrected chi connectivity index (χ3v) is 4.96. The van der Waals surface area contributed by atoms with Crippen LogP contribution in [-0.4, -0.2) is 33.3 Å². The van der Waals surface area contributed by atoms with Crippen LogP contribution < -0.4 is 16.4 Å². The van der Waals surface area contributed by atoms with Crippen molar-refractivity contribution >= 4 is 34.2 Å². The molecule has 4 rings (SSSR count). The summed E-state index contributed by atoms with van der Waals surface area (Å²) < 4.78 is 0. The minimum atomic E-state index is -0.436. The predicted octanol–water partition coefficient (Wildman–Crippen LogP) is 2.60. The van der Waals surface area contributed by atoms with E-state index >= 15 is 0 Å². The number of hydrogen-bond acceptors (Lipinski definition) is 6. The molecule has 8 nitrogen and oxygen atoms in total. The number of hydrogen-bond donors (Lipinski definition) is 3. The molecule has 1 aliphatic carbocycles. The summed E-state index contributed by atoms with van der Waals surface area (Å²) in [6, 6.07) is 5.51. The number of carbonyl (C=O) groups excluding carboxylic acids is 2. The standard InChI is InChI=1S/C22H22N6O2/c1-13-6-7-24-11-16(13)18-8-15-9-19(25-12-17(15)22(23)27-18)28-21(30)5-4-20(29)26-10-14-2-3-14/h4-9,11-12,14H,2-3,10H2,1H3,(H2,23,27)(H,26,29)(H,25,28,30)/b5-4+. The Morgan fingerprint density at radius 1 is 1.20 bits per heavy atom. The van der Waals surface area contributed by atoms with Crippen LogP contribution in [0, 0.1) is 12.8 Å². The Balaban J connectivity index is 1.51. The summed E-state index contributed by atoms with van der Waals surface area (Å²) in [5, 5.41) is 6.92. The van der Waals surface area contributed by atoms with Gasteiger partial charge in [0.15, 0.2) is 0 Å². The van der Waals surface area contributed by atoms with Gasteiger partial charge >= 0.3 is 0 Å². The summed E-state index contributed by atoms with van der Waals surface area (Å²) >= 11 is 0. The van der Waals surface area contributed by atoms with Crippen molar-refractivity contribution in [2.24, 2.45) is 5.92 Å². The van der Waals surface area contributed by atoms with Gasteiger partial charge in [0.25, 0.3) is 0 Å². The number of nitrogen functional groups attached to an aromatic ring is 1. The molecule has 0 bridgehead atoms. The van der Waals surface area contributed by atoms with Gasteiger partial charge in [-0.1, -0.05) is 0 Å². The molecule has 1 saturated carbocycles. The molecular weight excluding hydrogens is 380 g/mol. The maximum absolute atomic E-state index is 12.1. The Morgan fingerprint density at radius 3 is 2.77 bits per heavy atom. The highest BCUT2D eigenvalue weighted by Crippen LogP contribution is 2.29. The normalized spacial score (nSPS) is 13.5. The summed E-state index contributed by atoms with van der Waals surface area (Å²) in [5.74, 6) is 0.575. The van der Waals surface area contributed by atoms with Crippen molar-refractivity contribution in [2.45, 2.75) is 19.8 Å². The van der Waals surface area contributed by atoms with E-state index in [1.54, 1.807) is 24.7 Å². The highest BCUT2D eigenvalue weighted by Gasteiger charge is 2.21. The maximum Gasteiger partial charge on any atom is 0.249 e. The number of amides is 2. The first kappa shape index (κ1) is 19.5. The monoisotopic (exact) mass is 402 g/mol. The Morgan fingerprint density at radius 2 is 2.00 bits per heavy atom. The Bertz CT molecular complexity index is 1150. The van der Waals surface area contributed by atoms with Gasteiger partial charge in [-0.15, -0.1) is 0 Å². The molecule has 152 valence electrons. The van der Waals surface area contributed by atoms with Gasteiger partial charge in [-0.05, 0) is 54.8 Å². The molecule has 2 amide bonds. The average Bonchev–Trinajstić information content (AvgIpc) is 3.55. The van der Waals surface area contributed by atoms with Gasteiger partial charge in [0.05, 0.1) is 5.69 Å². The number of nitrogens with zero attached hydrogens (tertiary/aromatic N) is 3. The van der Waals surface area contributed by atoms with E-state index < -0.39 is 5.91 Å². The lowest BCUT2D eigenvalue weighted by Crippen LogP contribution is -2.23. The summed E-state index contributed by atoms with van der Waals surface area (Å²) in [5.41, 5.74) is 8.73. The third-order valence-electron chi connectivity index (χ3n) is 4.96. The van der Waals surface area contributed by atoms with Gasteiger partial charge in [-0.2, -0.15) is 0 Å². The van der Waals surface area contributed by atoms with Crippen molar-refractivity contribution in [1.29, 1.82) is 0 Å². The Labute approximate surface area is 173 Å². The van der Waals surface area contributed by atoms with Crippen molar-refractivity contribution < 1.29 is 9.59 Å². The first-order valence-corrected chi connectivity index (χ1v) is 9.74. The maximum atomic E-state index is 12.1. The quantitative estimate of drug-likeness (QED) is 0.545. The molecule has 3 aromatic heterocycles. The summed E-state index contributed by atoms with van der Waals surface area (Å²) in [6.45, 7) is 2.63. The molecule has 0 radical (unpaired) electrons. The van der Waals surface area contributed by atoms with E-state index in [-0.39, 0.29) is 5.91 Å². The van der Waals surface area contributed by atoms with E-state index in [4.69, 9.17) is 5.73 Å². The van der Waals surface area contributed by atoms with Crippen LogP contribution in [0.2, 0.25) is 0 Å². The van der Waals surface area contributed by atoms with Crippen LogP contribution in [0.3, 0.4) is 0 Å². The summed E-state index contributed by atoms with van der Waals surface area (Å²) in [4.78, 5) is 36.7. The Hall–Kier alpha value is -3.81. The molecule has 3 aromatic rings. The van der Waals surface area contributed by atoms with Crippen molar-refractivity contribution in [1.82, 2.24) is 20.3 Å². The predicted molar refractivity (Wildman–Crippen MR) is 115 cm³/mol. The van der Waals surface area contributed by atoms with Crippen molar-refractivity contribution in [2.75, 3.05) is 17.6 Å². The molecular formula is C22H22N6O2. The largest absolute Gasteiger partial charge is 0.383 e. The van der Waals surface area contributed by atoms with E-state index in [1.165, 1.54) is 12.2 Å². The molecule has 0 saturated heterocycles. The zero-order valence-corrected chi connectivity index (χ0v) is 16.6. The van der Waals surface area contributed by atoms with Gasteiger partial charge in [0, 0.05) is 48.2 Å². The van der Waals surface area contributed by atoms with E-state index in [0.717, 1.165) is 29.4 Å². The number of rotatable bonds is 6. The van der Waals surface area contributed by atoms with Crippen LogP contribution >= 0.6 is 0 Å². The van der Waals surface area contributed by atoms with Crippen LogP contribution in [0.4, 0.5) is 11.6 Å². The number of carbonyl (C=O) groups is 2. The highest BCUT2D eigenvalue weighted by molar-refractivity contribution is 6.04. The first-order valence-electron chi connectivity index (χ1n) is 9.74. The highest BCUT2D eigenvalue weighted by atomic mass is 16.2. The first-order chi connectivity index (χ1) is 14.5. The van der Waals surface area contributed by atoms with Gasteiger partial charge in [0.1, 0.15) is 11.6 Å². The topological polar surface area (TPSA) is 123 Å². The van der Waals surface area contributed by atoms with Crippen LogP contribution in [-0.2, 0) is 9.59 Å². The second kappa shape index (κ2) is 8.28. The van der Waals surface area contributed by atoms with Gasteiger partial charge in [-0.3, -0.25) is 14.6 Å². The second-order valence-electron chi connectivity index (χ2n) is 7.39. The van der Waals surface area contributed by atoms with Crippen LogP contribution in [0.1, 0.15) is 18.4 Å².